The van der Waals surface area contributed by atoms with Crippen molar-refractivity contribution in [2.45, 2.75) is 25.2 Å². The fourth-order valence-electron chi connectivity index (χ4n) is 5.10. The van der Waals surface area contributed by atoms with Crippen molar-refractivity contribution >= 4 is 56.3 Å². The van der Waals surface area contributed by atoms with Crippen LogP contribution >= 0.6 is 24.0 Å². The largest absolute Gasteiger partial charge is 0.480 e. The molecule has 1 aromatic heterocycles. The summed E-state index contributed by atoms with van der Waals surface area (Å²) in [5.41, 5.74) is 2.39. The smallest absolute Gasteiger partial charge is 0.323 e. The van der Waals surface area contributed by atoms with Gasteiger partial charge in [-0.05, 0) is 48.6 Å². The van der Waals surface area contributed by atoms with E-state index in [2.05, 4.69) is 13.8 Å². The van der Waals surface area contributed by atoms with Gasteiger partial charge in [-0.3, -0.25) is 14.5 Å². The molecule has 2 aliphatic rings. The first-order valence-corrected chi connectivity index (χ1v) is 15.4. The zero-order valence-electron chi connectivity index (χ0n) is 21.9. The summed E-state index contributed by atoms with van der Waals surface area (Å²) in [6, 6.07) is 16.1. The summed E-state index contributed by atoms with van der Waals surface area (Å²) in [6.45, 7) is 4.56. The minimum Gasteiger partial charge on any atom is -0.480 e. The highest BCUT2D eigenvalue weighted by atomic mass is 32.2. The van der Waals surface area contributed by atoms with Gasteiger partial charge in [-0.15, -0.1) is 0 Å². The molecule has 5 rings (SSSR count). The molecular formula is C28H28N4O5S3. The molecule has 2 aliphatic heterocycles. The Morgan fingerprint density at radius 1 is 1.12 bits per heavy atom. The topological polar surface area (TPSA) is 113 Å². The highest BCUT2D eigenvalue weighted by Crippen LogP contribution is 2.35. The maximum absolute atomic E-state index is 13.6. The first kappa shape index (κ1) is 28.2. The summed E-state index contributed by atoms with van der Waals surface area (Å²) in [4.78, 5) is 25.7. The van der Waals surface area contributed by atoms with E-state index in [1.165, 1.54) is 0 Å². The Morgan fingerprint density at radius 3 is 2.50 bits per heavy atom. The second-order valence-corrected chi connectivity index (χ2v) is 13.8. The van der Waals surface area contributed by atoms with Crippen LogP contribution in [0, 0.1) is 11.8 Å². The molecule has 2 fully saturated rings. The molecule has 2 saturated heterocycles. The molecule has 40 heavy (non-hydrogen) atoms. The summed E-state index contributed by atoms with van der Waals surface area (Å²) in [7, 11) is -3.73. The average Bonchev–Trinajstić information content (AvgIpc) is 3.45. The van der Waals surface area contributed by atoms with Crippen LogP contribution in [-0.4, -0.2) is 68.3 Å². The molecule has 2 unspecified atom stereocenters. The predicted molar refractivity (Wildman–Crippen MR) is 158 cm³/mol. The first-order valence-electron chi connectivity index (χ1n) is 12.8. The van der Waals surface area contributed by atoms with E-state index in [4.69, 9.17) is 17.3 Å². The molecule has 1 N–H and O–H groups in total. The first-order chi connectivity index (χ1) is 19.0. The highest BCUT2D eigenvalue weighted by molar-refractivity contribution is 8.26. The SMILES string of the molecule is CC1CC(C)CN(S(=O)(=O)c2cccc(-c3nn(-c4ccccc4)cc3C=C3SC(=S)N(CC(=O)O)C3=O)c2)C1. The van der Waals surface area contributed by atoms with Crippen LogP contribution in [0.2, 0.25) is 0 Å². The third-order valence-electron chi connectivity index (χ3n) is 6.80. The molecule has 0 bridgehead atoms. The van der Waals surface area contributed by atoms with E-state index in [9.17, 15) is 23.1 Å². The minimum absolute atomic E-state index is 0.161. The number of hydrogen-bond acceptors (Lipinski definition) is 7. The van der Waals surface area contributed by atoms with E-state index in [0.29, 0.717) is 29.9 Å². The number of carboxylic acid groups (broad SMARTS) is 1. The molecule has 1 amide bonds. The number of nitrogens with zero attached hydrogens (tertiary/aromatic N) is 4. The maximum atomic E-state index is 13.6. The van der Waals surface area contributed by atoms with Crippen molar-refractivity contribution in [2.75, 3.05) is 19.6 Å². The number of piperidine rings is 1. The maximum Gasteiger partial charge on any atom is 0.323 e. The number of hydrogen-bond donors (Lipinski definition) is 1. The van der Waals surface area contributed by atoms with E-state index in [-0.39, 0.29) is 26.0 Å². The van der Waals surface area contributed by atoms with Crippen LogP contribution in [0.15, 0.2) is 70.6 Å². The number of amides is 1. The van der Waals surface area contributed by atoms with Crippen molar-refractivity contribution < 1.29 is 23.1 Å². The van der Waals surface area contributed by atoms with Gasteiger partial charge in [0, 0.05) is 30.4 Å². The number of sulfonamides is 1. The summed E-state index contributed by atoms with van der Waals surface area (Å²) in [5.74, 6) is -1.12. The Balaban J connectivity index is 1.57. The van der Waals surface area contributed by atoms with Gasteiger partial charge in [-0.1, -0.05) is 68.2 Å². The number of rotatable bonds is 7. The van der Waals surface area contributed by atoms with Crippen molar-refractivity contribution in [1.29, 1.82) is 0 Å². The number of benzene rings is 2. The molecule has 3 heterocycles. The van der Waals surface area contributed by atoms with Crippen molar-refractivity contribution in [1.82, 2.24) is 19.0 Å². The monoisotopic (exact) mass is 596 g/mol. The molecule has 2 atom stereocenters. The summed E-state index contributed by atoms with van der Waals surface area (Å²) in [6.07, 6.45) is 4.37. The third kappa shape index (κ3) is 5.75. The highest BCUT2D eigenvalue weighted by Gasteiger charge is 2.34. The van der Waals surface area contributed by atoms with Gasteiger partial charge in [0.25, 0.3) is 5.91 Å². The van der Waals surface area contributed by atoms with Crippen LogP contribution in [0.4, 0.5) is 0 Å². The molecule has 3 aromatic rings. The molecule has 9 nitrogen and oxygen atoms in total. The Labute approximate surface area is 242 Å². The molecular weight excluding hydrogens is 569 g/mol. The number of aliphatic carboxylic acids is 1. The number of carbonyl (C=O) groups is 2. The average molecular weight is 597 g/mol. The number of carboxylic acids is 1. The molecule has 0 spiro atoms. The fourth-order valence-corrected chi connectivity index (χ4v) is 8.07. The fraction of sp³-hybridized carbons (Fsp3) is 0.286. The van der Waals surface area contributed by atoms with E-state index < -0.39 is 28.4 Å². The molecule has 0 saturated carbocycles. The van der Waals surface area contributed by atoms with E-state index >= 15 is 0 Å². The third-order valence-corrected chi connectivity index (χ3v) is 10.0. The Bertz CT molecular complexity index is 1610. The lowest BCUT2D eigenvalue weighted by Crippen LogP contribution is -2.42. The number of aromatic nitrogens is 2. The molecule has 0 radical (unpaired) electrons. The van der Waals surface area contributed by atoms with Crippen molar-refractivity contribution in [3.63, 3.8) is 0 Å². The van der Waals surface area contributed by atoms with Crippen LogP contribution in [0.5, 0.6) is 0 Å². The van der Waals surface area contributed by atoms with Crippen LogP contribution in [-0.2, 0) is 19.6 Å². The second-order valence-electron chi connectivity index (χ2n) is 10.2. The second kappa shape index (κ2) is 11.3. The van der Waals surface area contributed by atoms with Crippen LogP contribution < -0.4 is 0 Å². The van der Waals surface area contributed by atoms with E-state index in [1.807, 2.05) is 30.3 Å². The van der Waals surface area contributed by atoms with Gasteiger partial charge in [-0.2, -0.15) is 9.40 Å². The van der Waals surface area contributed by atoms with Gasteiger partial charge in [0.15, 0.2) is 0 Å². The number of thioether (sulfide) groups is 1. The van der Waals surface area contributed by atoms with Gasteiger partial charge in [0.2, 0.25) is 10.0 Å². The molecule has 0 aliphatic carbocycles. The number of carbonyl (C=O) groups excluding carboxylic acids is 1. The zero-order valence-corrected chi connectivity index (χ0v) is 24.4. The van der Waals surface area contributed by atoms with E-state index in [0.717, 1.165) is 28.8 Å². The predicted octanol–water partition coefficient (Wildman–Crippen LogP) is 4.49. The van der Waals surface area contributed by atoms with Crippen molar-refractivity contribution in [3.8, 4) is 16.9 Å². The van der Waals surface area contributed by atoms with Crippen LogP contribution in [0.25, 0.3) is 23.0 Å². The molecule has 2 aromatic carbocycles. The van der Waals surface area contributed by atoms with Crippen molar-refractivity contribution in [3.05, 3.63) is 71.3 Å². The quantitative estimate of drug-likeness (QED) is 0.314. The summed E-state index contributed by atoms with van der Waals surface area (Å²) >= 11 is 6.27. The Morgan fingerprint density at radius 2 is 1.82 bits per heavy atom. The van der Waals surface area contributed by atoms with Crippen molar-refractivity contribution in [2.24, 2.45) is 11.8 Å². The number of para-hydroxylation sites is 1. The standard InChI is InChI=1S/C28H28N4O5S3/c1-18-11-19(2)15-30(14-18)40(36,37)23-10-6-7-20(12-23)26-21(16-32(29-26)22-8-4-3-5-9-22)13-24-27(35)31(17-25(33)34)28(38)39-24/h3-10,12-13,16,18-19H,11,14-15,17H2,1-2H3,(H,33,34). The Hall–Kier alpha value is -3.32. The minimum atomic E-state index is -3.73. The summed E-state index contributed by atoms with van der Waals surface area (Å²) < 4.78 is 30.6. The summed E-state index contributed by atoms with van der Waals surface area (Å²) in [5, 5.41) is 13.9. The van der Waals surface area contributed by atoms with Crippen LogP contribution in [0.1, 0.15) is 25.8 Å². The normalized spacial score (nSPS) is 21.4. The lowest BCUT2D eigenvalue weighted by Gasteiger charge is -2.34. The van der Waals surface area contributed by atoms with Gasteiger partial charge in [0.1, 0.15) is 16.6 Å². The molecule has 12 heteroatoms. The van der Waals surface area contributed by atoms with Crippen LogP contribution in [0.3, 0.4) is 0 Å². The van der Waals surface area contributed by atoms with Gasteiger partial charge in [-0.25, -0.2) is 13.1 Å². The van der Waals surface area contributed by atoms with Gasteiger partial charge < -0.3 is 5.11 Å². The lowest BCUT2D eigenvalue weighted by molar-refractivity contribution is -0.140. The van der Waals surface area contributed by atoms with Gasteiger partial charge >= 0.3 is 5.97 Å². The Kier molecular flexibility index (Phi) is 7.96. The van der Waals surface area contributed by atoms with Gasteiger partial charge in [0.05, 0.1) is 15.5 Å². The van der Waals surface area contributed by atoms with E-state index in [1.54, 1.807) is 45.5 Å². The number of thiocarbonyl (C=S) groups is 1. The molecule has 208 valence electrons. The lowest BCUT2D eigenvalue weighted by atomic mass is 9.94. The zero-order chi connectivity index (χ0) is 28.6.